The molecule has 0 radical (unpaired) electrons. The maximum atomic E-state index is 12.7. The molecule has 2 aromatic carbocycles. The van der Waals surface area contributed by atoms with Crippen LogP contribution in [0.1, 0.15) is 27.2 Å². The number of halogens is 1. The van der Waals surface area contributed by atoms with E-state index in [4.69, 9.17) is 9.47 Å². The van der Waals surface area contributed by atoms with E-state index in [0.29, 0.717) is 28.1 Å². The Hall–Kier alpha value is -2.66. The summed E-state index contributed by atoms with van der Waals surface area (Å²) in [7, 11) is 0. The van der Waals surface area contributed by atoms with Crippen LogP contribution in [0.3, 0.4) is 0 Å². The van der Waals surface area contributed by atoms with Gasteiger partial charge in [0.2, 0.25) is 0 Å². The number of esters is 1. The van der Waals surface area contributed by atoms with Gasteiger partial charge >= 0.3 is 5.97 Å². The first-order chi connectivity index (χ1) is 12.6. The quantitative estimate of drug-likeness (QED) is 0.530. The molecule has 0 saturated carbocycles. The number of hydrogen-bond acceptors (Lipinski definition) is 4. The second-order valence-corrected chi connectivity index (χ2v) is 6.59. The van der Waals surface area contributed by atoms with Gasteiger partial charge in [-0.3, -0.25) is 4.98 Å². The van der Waals surface area contributed by atoms with Crippen LogP contribution in [0.15, 0.2) is 71.3 Å². The molecule has 3 aromatic rings. The number of pyridine rings is 1. The lowest BCUT2D eigenvalue weighted by Gasteiger charge is -2.14. The van der Waals surface area contributed by atoms with Crippen molar-refractivity contribution in [1.82, 2.24) is 4.98 Å². The highest BCUT2D eigenvalue weighted by Crippen LogP contribution is 2.30. The zero-order valence-corrected chi connectivity index (χ0v) is 15.9. The fourth-order valence-corrected chi connectivity index (χ4v) is 2.90. The Bertz CT molecular complexity index is 883. The molecule has 1 heterocycles. The Morgan fingerprint density at radius 3 is 2.15 bits per heavy atom. The van der Waals surface area contributed by atoms with Crippen molar-refractivity contribution in [3.05, 3.63) is 93.7 Å². The van der Waals surface area contributed by atoms with Gasteiger partial charge in [0.05, 0.1) is 10.2 Å². The minimum Gasteiger partial charge on any atom is -0.486 e. The molecule has 0 atom stereocenters. The first kappa shape index (κ1) is 18.1. The maximum absolute atomic E-state index is 12.7. The lowest BCUT2D eigenvalue weighted by atomic mass is 10.2. The maximum Gasteiger partial charge on any atom is 0.343 e. The molecule has 4 nitrogen and oxygen atoms in total. The monoisotopic (exact) mass is 411 g/mol. The minimum absolute atomic E-state index is 0.200. The smallest absolute Gasteiger partial charge is 0.343 e. The van der Waals surface area contributed by atoms with E-state index in [0.717, 1.165) is 11.1 Å². The van der Waals surface area contributed by atoms with Crippen molar-refractivity contribution in [2.45, 2.75) is 20.1 Å². The summed E-state index contributed by atoms with van der Waals surface area (Å²) < 4.78 is 11.9. The largest absolute Gasteiger partial charge is 0.486 e. The lowest BCUT2D eigenvalue weighted by molar-refractivity contribution is 0.0466. The van der Waals surface area contributed by atoms with Crippen molar-refractivity contribution >= 4 is 21.9 Å². The molecule has 3 rings (SSSR count). The van der Waals surface area contributed by atoms with Gasteiger partial charge in [-0.25, -0.2) is 4.79 Å². The van der Waals surface area contributed by atoms with Crippen molar-refractivity contribution in [3.63, 3.8) is 0 Å². The molecule has 0 saturated heterocycles. The summed E-state index contributed by atoms with van der Waals surface area (Å²) in [5.74, 6) is -0.0180. The van der Waals surface area contributed by atoms with Crippen LogP contribution in [0.25, 0.3) is 0 Å². The van der Waals surface area contributed by atoms with Crippen LogP contribution in [0.4, 0.5) is 0 Å². The van der Waals surface area contributed by atoms with Gasteiger partial charge in [-0.2, -0.15) is 0 Å². The fraction of sp³-hybridized carbons (Fsp3) is 0.143. The predicted molar refractivity (Wildman–Crippen MR) is 103 cm³/mol. The van der Waals surface area contributed by atoms with Crippen molar-refractivity contribution < 1.29 is 14.3 Å². The highest BCUT2D eigenvalue weighted by molar-refractivity contribution is 9.10. The van der Waals surface area contributed by atoms with Gasteiger partial charge < -0.3 is 9.47 Å². The van der Waals surface area contributed by atoms with Crippen LogP contribution in [0.2, 0.25) is 0 Å². The summed E-state index contributed by atoms with van der Waals surface area (Å²) in [6, 6.07) is 19.3. The third-order valence-corrected chi connectivity index (χ3v) is 4.41. The number of hydrogen-bond donors (Lipinski definition) is 0. The molecule has 26 heavy (non-hydrogen) atoms. The molecular weight excluding hydrogens is 394 g/mol. The van der Waals surface area contributed by atoms with Crippen molar-refractivity contribution in [2.75, 3.05) is 0 Å². The normalized spacial score (nSPS) is 10.4. The Kier molecular flexibility index (Phi) is 6.02. The standard InChI is InChI=1S/C21H18BrNO3/c1-15-20(25-13-16-8-4-2-5-9-16)19(18(22)12-23-15)21(24)26-14-17-10-6-3-7-11-17/h2-12H,13-14H2,1H3. The SMILES string of the molecule is Cc1ncc(Br)c(C(=O)OCc2ccccc2)c1OCc1ccccc1. The molecule has 0 spiro atoms. The molecule has 0 aliphatic heterocycles. The molecule has 0 amide bonds. The minimum atomic E-state index is -0.450. The van der Waals surface area contributed by atoms with Gasteiger partial charge in [0.15, 0.2) is 5.75 Å². The second-order valence-electron chi connectivity index (χ2n) is 5.73. The third kappa shape index (κ3) is 4.49. The van der Waals surface area contributed by atoms with Gasteiger partial charge in [-0.05, 0) is 34.0 Å². The lowest BCUT2D eigenvalue weighted by Crippen LogP contribution is -2.11. The summed E-state index contributed by atoms with van der Waals surface area (Å²) in [6.07, 6.45) is 1.59. The molecule has 132 valence electrons. The van der Waals surface area contributed by atoms with E-state index < -0.39 is 5.97 Å². The molecule has 0 N–H and O–H groups in total. The van der Waals surface area contributed by atoms with Crippen LogP contribution in [0.5, 0.6) is 5.75 Å². The van der Waals surface area contributed by atoms with Crippen LogP contribution in [-0.2, 0) is 18.0 Å². The number of carbonyl (C=O) groups excluding carboxylic acids is 1. The molecule has 0 bridgehead atoms. The molecule has 1 aromatic heterocycles. The van der Waals surface area contributed by atoms with Crippen molar-refractivity contribution in [3.8, 4) is 5.75 Å². The van der Waals surface area contributed by atoms with Crippen LogP contribution >= 0.6 is 15.9 Å². The second kappa shape index (κ2) is 8.63. The van der Waals surface area contributed by atoms with E-state index in [1.807, 2.05) is 60.7 Å². The van der Waals surface area contributed by atoms with Gasteiger partial charge in [0.25, 0.3) is 0 Å². The molecule has 0 aliphatic rings. The molecular formula is C21H18BrNO3. The van der Waals surface area contributed by atoms with E-state index in [1.165, 1.54) is 0 Å². The van der Waals surface area contributed by atoms with Crippen LogP contribution in [-0.4, -0.2) is 11.0 Å². The summed E-state index contributed by atoms with van der Waals surface area (Å²) >= 11 is 3.39. The number of rotatable bonds is 6. The average molecular weight is 412 g/mol. The van der Waals surface area contributed by atoms with Gasteiger partial charge in [-0.1, -0.05) is 60.7 Å². The van der Waals surface area contributed by atoms with Crippen LogP contribution < -0.4 is 4.74 Å². The number of carbonyl (C=O) groups is 1. The Labute approximate surface area is 160 Å². The van der Waals surface area contributed by atoms with Gasteiger partial charge in [0, 0.05) is 6.20 Å². The summed E-state index contributed by atoms with van der Waals surface area (Å²) in [5, 5.41) is 0. The Morgan fingerprint density at radius 1 is 0.962 bits per heavy atom. The Balaban J connectivity index is 1.79. The van der Waals surface area contributed by atoms with Gasteiger partial charge in [-0.15, -0.1) is 0 Å². The Morgan fingerprint density at radius 2 is 1.54 bits per heavy atom. The van der Waals surface area contributed by atoms with E-state index in [9.17, 15) is 4.79 Å². The number of ether oxygens (including phenoxy) is 2. The summed E-state index contributed by atoms with van der Waals surface area (Å²) in [6.45, 7) is 2.35. The van der Waals surface area contributed by atoms with Crippen molar-refractivity contribution in [2.24, 2.45) is 0 Å². The topological polar surface area (TPSA) is 48.4 Å². The molecule has 0 aliphatic carbocycles. The van der Waals surface area contributed by atoms with E-state index in [2.05, 4.69) is 20.9 Å². The first-order valence-corrected chi connectivity index (χ1v) is 8.97. The average Bonchev–Trinajstić information content (AvgIpc) is 2.68. The number of benzene rings is 2. The van der Waals surface area contributed by atoms with Gasteiger partial charge in [0.1, 0.15) is 18.8 Å². The first-order valence-electron chi connectivity index (χ1n) is 8.18. The third-order valence-electron chi connectivity index (χ3n) is 3.81. The molecule has 0 fully saturated rings. The number of nitrogens with zero attached hydrogens (tertiary/aromatic N) is 1. The molecule has 5 heteroatoms. The predicted octanol–water partition coefficient (Wildman–Crippen LogP) is 5.09. The zero-order valence-electron chi connectivity index (χ0n) is 14.3. The van der Waals surface area contributed by atoms with E-state index in [1.54, 1.807) is 13.1 Å². The van der Waals surface area contributed by atoms with Crippen LogP contribution in [0, 0.1) is 6.92 Å². The zero-order chi connectivity index (χ0) is 18.4. The number of aromatic nitrogens is 1. The highest BCUT2D eigenvalue weighted by atomic mass is 79.9. The number of aryl methyl sites for hydroxylation is 1. The highest BCUT2D eigenvalue weighted by Gasteiger charge is 2.21. The molecule has 0 unspecified atom stereocenters. The van der Waals surface area contributed by atoms with Crippen molar-refractivity contribution in [1.29, 1.82) is 0 Å². The summed E-state index contributed by atoms with van der Waals surface area (Å²) in [4.78, 5) is 16.9. The fourth-order valence-electron chi connectivity index (χ4n) is 2.46. The van der Waals surface area contributed by atoms with E-state index in [-0.39, 0.29) is 6.61 Å². The summed E-state index contributed by atoms with van der Waals surface area (Å²) in [5.41, 5.74) is 2.92. The van der Waals surface area contributed by atoms with E-state index >= 15 is 0 Å².